The summed E-state index contributed by atoms with van der Waals surface area (Å²) >= 11 is 10.1. The third-order valence-electron chi connectivity index (χ3n) is 4.76. The lowest BCUT2D eigenvalue weighted by molar-refractivity contribution is 0.716. The zero-order valence-corrected chi connectivity index (χ0v) is 17.8. The van der Waals surface area contributed by atoms with Crippen molar-refractivity contribution < 1.29 is 0 Å². The first-order valence-electron chi connectivity index (χ1n) is 9.87. The Balaban J connectivity index is 2.37. The second-order valence-corrected chi connectivity index (χ2v) is 7.90. The molecule has 1 nitrogen and oxygen atoms in total. The van der Waals surface area contributed by atoms with Gasteiger partial charge in [0.1, 0.15) is 4.32 Å². The van der Waals surface area contributed by atoms with E-state index in [0.717, 1.165) is 12.8 Å². The molecule has 0 radical (unpaired) electrons. The van der Waals surface area contributed by atoms with Gasteiger partial charge >= 0.3 is 0 Å². The lowest BCUT2D eigenvalue weighted by Crippen LogP contribution is -2.22. The van der Waals surface area contributed by atoms with Gasteiger partial charge in [0.05, 0.1) is 11.4 Å². The summed E-state index contributed by atoms with van der Waals surface area (Å²) in [6.45, 7) is 4.49. The van der Waals surface area contributed by atoms with Gasteiger partial charge in [-0.05, 0) is 48.9 Å². The number of thiol groups is 1. The maximum Gasteiger partial charge on any atom is 0.142 e. The minimum atomic E-state index is 0.607. The van der Waals surface area contributed by atoms with E-state index in [4.69, 9.17) is 12.2 Å². The highest BCUT2D eigenvalue weighted by atomic mass is 32.1. The molecule has 2 aromatic carbocycles. The lowest BCUT2D eigenvalue weighted by Gasteiger charge is -2.28. The Morgan fingerprint density at radius 2 is 1.19 bits per heavy atom. The van der Waals surface area contributed by atoms with E-state index in [1.165, 1.54) is 61.0 Å². The largest absolute Gasteiger partial charge is 0.296 e. The predicted octanol–water partition coefficient (Wildman–Crippen LogP) is 7.50. The summed E-state index contributed by atoms with van der Waals surface area (Å²) in [5.41, 5.74) is 5.04. The molecule has 0 saturated carbocycles. The minimum Gasteiger partial charge on any atom is -0.296 e. The molecule has 26 heavy (non-hydrogen) atoms. The minimum absolute atomic E-state index is 0.607. The van der Waals surface area contributed by atoms with Crippen molar-refractivity contribution >= 4 is 40.5 Å². The standard InChI is InChI=1S/C23H31NS2/c1-3-5-7-13-19-15-9-11-17-21(19)24(23(25)26)22-18-12-10-16-20(22)14-8-6-4-2/h9-12,15-18H,3-8,13-14H2,1-2H3,(H,25,26). The van der Waals surface area contributed by atoms with E-state index in [1.807, 2.05) is 0 Å². The maximum absolute atomic E-state index is 5.56. The van der Waals surface area contributed by atoms with Crippen LogP contribution in [0.3, 0.4) is 0 Å². The predicted molar refractivity (Wildman–Crippen MR) is 123 cm³/mol. The van der Waals surface area contributed by atoms with Crippen molar-refractivity contribution in [3.8, 4) is 0 Å². The molecule has 0 bridgehead atoms. The Labute approximate surface area is 170 Å². The first kappa shape index (κ1) is 21.0. The van der Waals surface area contributed by atoms with Crippen LogP contribution in [-0.4, -0.2) is 4.32 Å². The number of thiocarbonyl (C=S) groups is 1. The molecule has 2 rings (SSSR count). The molecule has 0 amide bonds. The molecule has 2 aromatic rings. The van der Waals surface area contributed by atoms with Crippen molar-refractivity contribution in [2.75, 3.05) is 4.90 Å². The van der Waals surface area contributed by atoms with E-state index in [0.29, 0.717) is 4.32 Å². The fourth-order valence-electron chi connectivity index (χ4n) is 3.35. The van der Waals surface area contributed by atoms with Crippen LogP contribution in [-0.2, 0) is 12.8 Å². The van der Waals surface area contributed by atoms with E-state index >= 15 is 0 Å². The Hall–Kier alpha value is -1.32. The van der Waals surface area contributed by atoms with Gasteiger partial charge in [0, 0.05) is 0 Å². The van der Waals surface area contributed by atoms with Crippen molar-refractivity contribution in [3.63, 3.8) is 0 Å². The second kappa shape index (κ2) is 11.4. The van der Waals surface area contributed by atoms with Gasteiger partial charge in [-0.25, -0.2) is 0 Å². The molecule has 0 saturated heterocycles. The Morgan fingerprint density at radius 3 is 1.58 bits per heavy atom. The quantitative estimate of drug-likeness (QED) is 0.256. The second-order valence-electron chi connectivity index (χ2n) is 6.79. The summed E-state index contributed by atoms with van der Waals surface area (Å²) in [5, 5.41) is 0. The first-order valence-corrected chi connectivity index (χ1v) is 10.7. The number of anilines is 2. The molecule has 0 spiro atoms. The van der Waals surface area contributed by atoms with E-state index < -0.39 is 0 Å². The van der Waals surface area contributed by atoms with Gasteiger partial charge in [-0.2, -0.15) is 0 Å². The van der Waals surface area contributed by atoms with Crippen LogP contribution >= 0.6 is 24.8 Å². The van der Waals surface area contributed by atoms with Gasteiger partial charge in [-0.3, -0.25) is 4.90 Å². The van der Waals surface area contributed by atoms with Crippen LogP contribution in [0.5, 0.6) is 0 Å². The van der Waals surface area contributed by atoms with Crippen molar-refractivity contribution in [2.45, 2.75) is 65.2 Å². The number of nitrogens with zero attached hydrogens (tertiary/aromatic N) is 1. The van der Waals surface area contributed by atoms with E-state index in [2.05, 4.69) is 79.9 Å². The molecule has 0 heterocycles. The number of benzene rings is 2. The van der Waals surface area contributed by atoms with Crippen LogP contribution in [0, 0.1) is 0 Å². The molecular weight excluding hydrogens is 354 g/mol. The maximum atomic E-state index is 5.56. The average Bonchev–Trinajstić information content (AvgIpc) is 2.64. The number of rotatable bonds is 10. The lowest BCUT2D eigenvalue weighted by atomic mass is 10.0. The van der Waals surface area contributed by atoms with Crippen LogP contribution in [0.2, 0.25) is 0 Å². The topological polar surface area (TPSA) is 3.24 Å². The van der Waals surface area contributed by atoms with Crippen LogP contribution in [0.1, 0.15) is 63.5 Å². The molecule has 0 fully saturated rings. The third kappa shape index (κ3) is 5.85. The Kier molecular flexibility index (Phi) is 9.21. The smallest absolute Gasteiger partial charge is 0.142 e. The van der Waals surface area contributed by atoms with Crippen molar-refractivity contribution in [1.82, 2.24) is 0 Å². The van der Waals surface area contributed by atoms with Gasteiger partial charge in [0.25, 0.3) is 0 Å². The van der Waals surface area contributed by atoms with Gasteiger partial charge in [-0.15, -0.1) is 12.6 Å². The number of hydrogen-bond donors (Lipinski definition) is 1. The molecule has 0 aliphatic heterocycles. The van der Waals surface area contributed by atoms with Crippen LogP contribution in [0.4, 0.5) is 11.4 Å². The Bertz CT molecular complexity index is 643. The average molecular weight is 386 g/mol. The van der Waals surface area contributed by atoms with Crippen molar-refractivity contribution in [3.05, 3.63) is 59.7 Å². The number of aryl methyl sites for hydroxylation is 2. The SMILES string of the molecule is CCCCCc1ccccc1N(C(=S)S)c1ccccc1CCCCC. The molecule has 0 unspecified atom stereocenters. The molecule has 140 valence electrons. The summed E-state index contributed by atoms with van der Waals surface area (Å²) in [6, 6.07) is 17.2. The van der Waals surface area contributed by atoms with Crippen molar-refractivity contribution in [1.29, 1.82) is 0 Å². The highest BCUT2D eigenvalue weighted by Crippen LogP contribution is 2.34. The Morgan fingerprint density at radius 1 is 0.769 bits per heavy atom. The van der Waals surface area contributed by atoms with E-state index in [-0.39, 0.29) is 0 Å². The third-order valence-corrected chi connectivity index (χ3v) is 5.14. The molecule has 0 N–H and O–H groups in total. The fraction of sp³-hybridized carbons (Fsp3) is 0.435. The molecule has 0 atom stereocenters. The molecule has 0 aromatic heterocycles. The van der Waals surface area contributed by atoms with Crippen LogP contribution < -0.4 is 4.90 Å². The molecule has 0 aliphatic carbocycles. The number of para-hydroxylation sites is 2. The summed E-state index contributed by atoms with van der Waals surface area (Å²) < 4.78 is 0.607. The van der Waals surface area contributed by atoms with Gasteiger partial charge in [-0.1, -0.05) is 88.1 Å². The molecular formula is C23H31NS2. The summed E-state index contributed by atoms with van der Waals surface area (Å²) in [7, 11) is 0. The van der Waals surface area contributed by atoms with Gasteiger partial charge < -0.3 is 0 Å². The van der Waals surface area contributed by atoms with E-state index in [1.54, 1.807) is 0 Å². The fourth-order valence-corrected chi connectivity index (χ4v) is 3.76. The monoisotopic (exact) mass is 385 g/mol. The van der Waals surface area contributed by atoms with Gasteiger partial charge in [0.2, 0.25) is 0 Å². The molecule has 3 heteroatoms. The highest BCUT2D eigenvalue weighted by Gasteiger charge is 2.18. The number of unbranched alkanes of at least 4 members (excludes halogenated alkanes) is 4. The zero-order valence-electron chi connectivity index (χ0n) is 16.1. The normalized spacial score (nSPS) is 10.7. The van der Waals surface area contributed by atoms with Crippen molar-refractivity contribution in [2.24, 2.45) is 0 Å². The highest BCUT2D eigenvalue weighted by molar-refractivity contribution is 8.11. The summed E-state index contributed by atoms with van der Waals surface area (Å²) in [5.74, 6) is 0. The zero-order chi connectivity index (χ0) is 18.8. The van der Waals surface area contributed by atoms with Crippen LogP contribution in [0.15, 0.2) is 48.5 Å². The van der Waals surface area contributed by atoms with E-state index in [9.17, 15) is 0 Å². The molecule has 0 aliphatic rings. The summed E-state index contributed by atoms with van der Waals surface area (Å²) in [4.78, 5) is 2.15. The van der Waals surface area contributed by atoms with Gasteiger partial charge in [0.15, 0.2) is 0 Å². The van der Waals surface area contributed by atoms with Crippen LogP contribution in [0.25, 0.3) is 0 Å². The summed E-state index contributed by atoms with van der Waals surface area (Å²) in [6.07, 6.45) is 9.55. The number of hydrogen-bond acceptors (Lipinski definition) is 1. The first-order chi connectivity index (χ1) is 12.7.